The number of thiophene rings is 6. The van der Waals surface area contributed by atoms with E-state index in [1.807, 2.05) is 68.0 Å². The van der Waals surface area contributed by atoms with Gasteiger partial charge in [0.25, 0.3) is 0 Å². The van der Waals surface area contributed by atoms with E-state index in [1.165, 1.54) is 186 Å². The first kappa shape index (κ1) is 57.5. The van der Waals surface area contributed by atoms with E-state index in [2.05, 4.69) is 304 Å². The molecular formula is C93H48N6S6. The minimum absolute atomic E-state index is 1.03. The molecule has 0 N–H and O–H groups in total. The smallest absolute Gasteiger partial charge is 0.147 e. The van der Waals surface area contributed by atoms with Crippen LogP contribution in [-0.2, 0) is 0 Å². The van der Waals surface area contributed by atoms with Crippen LogP contribution in [0.4, 0.5) is 0 Å². The van der Waals surface area contributed by atoms with Crippen molar-refractivity contribution in [2.45, 2.75) is 0 Å². The summed E-state index contributed by atoms with van der Waals surface area (Å²) in [6, 6.07) is 107. The molecule has 0 unspecified atom stereocenters. The molecule has 0 fully saturated rings. The zero-order valence-corrected chi connectivity index (χ0v) is 60.2. The number of hydrogen-bond donors (Lipinski definition) is 0. The van der Waals surface area contributed by atoms with Crippen LogP contribution in [0.5, 0.6) is 0 Å². The highest BCUT2D eigenvalue weighted by molar-refractivity contribution is 7.28. The van der Waals surface area contributed by atoms with E-state index in [0.717, 1.165) is 50.0 Å². The number of nitrogens with zero attached hydrogens (tertiary/aromatic N) is 6. The van der Waals surface area contributed by atoms with Gasteiger partial charge in [-0.1, -0.05) is 158 Å². The summed E-state index contributed by atoms with van der Waals surface area (Å²) in [6.45, 7) is 0. The van der Waals surface area contributed by atoms with Crippen LogP contribution in [0.25, 0.3) is 236 Å². The Bertz CT molecular complexity index is 8580. The van der Waals surface area contributed by atoms with Crippen LogP contribution in [0, 0.1) is 0 Å². The molecule has 0 radical (unpaired) electrons. The summed E-state index contributed by atoms with van der Waals surface area (Å²) < 4.78 is 23.1. The SMILES string of the molecule is c1ccc2c(c1)nc1c3c(ccc4c5ccccc5sc43)c3cc4sc5ccccc5c4cc3n21.c1ccc2c(c1)nc1c3cc4sc5ccccc5c4cc3c3cc4c(cc3n21)sc1ccccc14.c1ccc2c(c1)nc1c3cc4sc5ccccc5c4cc3c3cc4sc5ccccc5c4cc3n21. The maximum Gasteiger partial charge on any atom is 0.147 e. The molecule has 0 saturated heterocycles. The van der Waals surface area contributed by atoms with Gasteiger partial charge in [-0.25, -0.2) is 15.0 Å². The molecule has 0 spiro atoms. The third-order valence-electron chi connectivity index (χ3n) is 22.0. The van der Waals surface area contributed by atoms with Gasteiger partial charge in [0.05, 0.1) is 49.7 Å². The molecule has 0 aliphatic rings. The average molecular weight is 1440 g/mol. The second-order valence-corrected chi connectivity index (χ2v) is 34.1. The Kier molecular flexibility index (Phi) is 11.7. The number of para-hydroxylation sites is 6. The molecule has 27 rings (SSSR count). The molecule has 12 heteroatoms. The van der Waals surface area contributed by atoms with Gasteiger partial charge >= 0.3 is 0 Å². The number of fused-ring (bicyclic) bond motifs is 43. The van der Waals surface area contributed by atoms with E-state index < -0.39 is 0 Å². The second-order valence-electron chi connectivity index (χ2n) is 27.6. The molecule has 27 aromatic rings. The molecule has 0 saturated carbocycles. The van der Waals surface area contributed by atoms with Gasteiger partial charge < -0.3 is 0 Å². The van der Waals surface area contributed by atoms with Crippen LogP contribution in [0.15, 0.2) is 291 Å². The Morgan fingerprint density at radius 2 is 0.457 bits per heavy atom. The second kappa shape index (κ2) is 21.3. The Labute approximate surface area is 618 Å². The first-order chi connectivity index (χ1) is 52.0. The van der Waals surface area contributed by atoms with E-state index in [0.29, 0.717) is 0 Å². The van der Waals surface area contributed by atoms with Gasteiger partial charge in [-0.3, -0.25) is 13.2 Å². The number of benzene rings is 15. The minimum atomic E-state index is 1.03. The minimum Gasteiger partial charge on any atom is -0.292 e. The van der Waals surface area contributed by atoms with Gasteiger partial charge in [0.2, 0.25) is 0 Å². The summed E-state index contributed by atoms with van der Waals surface area (Å²) in [5, 5.41) is 27.3. The summed E-state index contributed by atoms with van der Waals surface area (Å²) in [6.07, 6.45) is 0. The average Bonchev–Trinajstić information content (AvgIpc) is 1.60. The first-order valence-corrected chi connectivity index (χ1v) is 40.1. The van der Waals surface area contributed by atoms with E-state index in [-0.39, 0.29) is 0 Å². The van der Waals surface area contributed by atoms with Crippen molar-refractivity contribution < 1.29 is 0 Å². The maximum atomic E-state index is 5.22. The fourth-order valence-electron chi connectivity index (χ4n) is 17.4. The topological polar surface area (TPSA) is 51.9 Å². The monoisotopic (exact) mass is 1440 g/mol. The van der Waals surface area contributed by atoms with Gasteiger partial charge in [-0.15, -0.1) is 68.0 Å². The van der Waals surface area contributed by atoms with Crippen molar-refractivity contribution in [1.29, 1.82) is 0 Å². The number of imidazole rings is 3. The number of rotatable bonds is 0. The van der Waals surface area contributed by atoms with Crippen LogP contribution in [0.1, 0.15) is 0 Å². The summed E-state index contributed by atoms with van der Waals surface area (Å²) in [5.41, 5.74) is 13.4. The molecule has 0 bridgehead atoms. The van der Waals surface area contributed by atoms with E-state index >= 15 is 0 Å². The van der Waals surface area contributed by atoms with E-state index in [9.17, 15) is 0 Å². The largest absolute Gasteiger partial charge is 0.292 e. The molecule has 0 amide bonds. The number of aromatic nitrogens is 6. The van der Waals surface area contributed by atoms with Crippen LogP contribution >= 0.6 is 68.0 Å². The highest BCUT2D eigenvalue weighted by Gasteiger charge is 2.24. The van der Waals surface area contributed by atoms with Crippen LogP contribution in [0.2, 0.25) is 0 Å². The Morgan fingerprint density at radius 3 is 0.886 bits per heavy atom. The van der Waals surface area contributed by atoms with Crippen molar-refractivity contribution >= 4 is 304 Å². The standard InChI is InChI=1S/3C31H16N2S2/c1-6-12-27-17(7-1)20-14-13-19-21-16-28-22(18-8-2-5-11-26(18)34-28)15-25(21)33-24-10-4-3-9-23(24)32-31(33)29(19)30(20)35-27;1-5-11-27-17(7-1)21-13-19-20-15-29-22(18-8-2-6-12-28(18)34-29)14-26(20)33-25-10-4-3-9-24(25)32-31(33)23(19)16-30(21)35-27;1-5-11-27-17(7-1)21-13-19-20-14-22-18-8-2-6-12-28(18)35-30(22)16-26(20)33-25-10-4-3-9-24(25)32-31(33)23(19)15-29(21)34-27/h3*1-16H. The lowest BCUT2D eigenvalue weighted by atomic mass is 10.0. The quantitative estimate of drug-likeness (QED) is 0.142. The van der Waals surface area contributed by atoms with Crippen molar-refractivity contribution in [1.82, 2.24) is 28.2 Å². The summed E-state index contributed by atoms with van der Waals surface area (Å²) in [7, 11) is 0. The third-order valence-corrected chi connectivity index (χ3v) is 28.9. The van der Waals surface area contributed by atoms with Gasteiger partial charge in [0.15, 0.2) is 0 Å². The van der Waals surface area contributed by atoms with E-state index in [4.69, 9.17) is 15.0 Å². The molecule has 105 heavy (non-hydrogen) atoms. The lowest BCUT2D eigenvalue weighted by molar-refractivity contribution is 1.32. The highest BCUT2D eigenvalue weighted by Crippen LogP contribution is 2.49. The fraction of sp³-hybridized carbons (Fsp3) is 0. The lowest BCUT2D eigenvalue weighted by Crippen LogP contribution is -1.91. The Hall–Kier alpha value is -12.0. The van der Waals surface area contributed by atoms with Crippen LogP contribution in [0.3, 0.4) is 0 Å². The predicted molar refractivity (Wildman–Crippen MR) is 460 cm³/mol. The summed E-state index contributed by atoms with van der Waals surface area (Å²) in [4.78, 5) is 15.5. The Morgan fingerprint density at radius 1 is 0.171 bits per heavy atom. The molecule has 0 aliphatic carbocycles. The van der Waals surface area contributed by atoms with Crippen molar-refractivity contribution in [3.05, 3.63) is 291 Å². The summed E-state index contributed by atoms with van der Waals surface area (Å²) >= 11 is 11.3. The molecule has 15 aromatic carbocycles. The molecular weight excluding hydrogens is 1390 g/mol. The Balaban J connectivity index is 0.0000000914. The molecule has 0 aliphatic heterocycles. The normalized spacial score (nSPS) is 12.6. The molecule has 12 aromatic heterocycles. The molecule has 0 atom stereocenters. The van der Waals surface area contributed by atoms with Crippen LogP contribution in [-0.4, -0.2) is 28.2 Å². The van der Waals surface area contributed by atoms with Crippen molar-refractivity contribution in [2.75, 3.05) is 0 Å². The van der Waals surface area contributed by atoms with Gasteiger partial charge in [-0.05, 0) is 150 Å². The van der Waals surface area contributed by atoms with Crippen molar-refractivity contribution in [3.8, 4) is 0 Å². The molecule has 486 valence electrons. The zero-order chi connectivity index (χ0) is 68.0. The number of pyridine rings is 3. The van der Waals surface area contributed by atoms with Crippen LogP contribution < -0.4 is 0 Å². The highest BCUT2D eigenvalue weighted by atomic mass is 32.1. The molecule has 12 heterocycles. The van der Waals surface area contributed by atoms with E-state index in [1.54, 1.807) is 0 Å². The fourth-order valence-corrected chi connectivity index (χ4v) is 24.3. The molecule has 6 nitrogen and oxygen atoms in total. The summed E-state index contributed by atoms with van der Waals surface area (Å²) in [5.74, 6) is 0. The van der Waals surface area contributed by atoms with Gasteiger partial charge in [0.1, 0.15) is 16.9 Å². The van der Waals surface area contributed by atoms with Gasteiger partial charge in [0, 0.05) is 153 Å². The first-order valence-electron chi connectivity index (χ1n) is 35.2. The predicted octanol–water partition coefficient (Wildman–Crippen LogP) is 28.6. The lowest BCUT2D eigenvalue weighted by Gasteiger charge is -2.10. The third kappa shape index (κ3) is 8.07. The zero-order valence-electron chi connectivity index (χ0n) is 55.3. The van der Waals surface area contributed by atoms with Crippen molar-refractivity contribution in [3.63, 3.8) is 0 Å². The van der Waals surface area contributed by atoms with Gasteiger partial charge in [-0.2, -0.15) is 0 Å². The maximum absolute atomic E-state index is 5.22. The van der Waals surface area contributed by atoms with Crippen molar-refractivity contribution in [2.24, 2.45) is 0 Å². The number of hydrogen-bond acceptors (Lipinski definition) is 9.